The van der Waals surface area contributed by atoms with Gasteiger partial charge in [-0.25, -0.2) is 0 Å². The lowest BCUT2D eigenvalue weighted by Gasteiger charge is -2.10. The highest BCUT2D eigenvalue weighted by molar-refractivity contribution is 9.10. The third-order valence-electron chi connectivity index (χ3n) is 2.00. The molecular formula is C11H9BrN2O2. The molecule has 0 fully saturated rings. The molecule has 0 atom stereocenters. The van der Waals surface area contributed by atoms with Crippen molar-refractivity contribution >= 4 is 21.6 Å². The Kier molecular flexibility index (Phi) is 2.96. The summed E-state index contributed by atoms with van der Waals surface area (Å²) in [5.74, 6) is 1.00. The van der Waals surface area contributed by atoms with Gasteiger partial charge in [0, 0.05) is 18.5 Å². The molecule has 0 bridgehead atoms. The summed E-state index contributed by atoms with van der Waals surface area (Å²) in [7, 11) is 0. The molecule has 0 radical (unpaired) electrons. The molecule has 0 unspecified atom stereocenters. The molecule has 2 rings (SSSR count). The number of anilines is 1. The second-order valence-corrected chi connectivity index (χ2v) is 3.95. The minimum Gasteiger partial charge on any atom is -0.506 e. The quantitative estimate of drug-likeness (QED) is 0.656. The van der Waals surface area contributed by atoms with E-state index in [1.165, 1.54) is 6.07 Å². The molecule has 0 aliphatic carbocycles. The first-order valence-electron chi connectivity index (χ1n) is 4.53. The highest BCUT2D eigenvalue weighted by Crippen LogP contribution is 2.35. The van der Waals surface area contributed by atoms with Gasteiger partial charge in [0.05, 0.1) is 4.47 Å². The molecule has 1 heterocycles. The number of aromatic nitrogens is 1. The second-order valence-electron chi connectivity index (χ2n) is 3.10. The second kappa shape index (κ2) is 4.40. The van der Waals surface area contributed by atoms with Gasteiger partial charge in [-0.1, -0.05) is 6.07 Å². The Morgan fingerprint density at radius 1 is 1.25 bits per heavy atom. The third kappa shape index (κ3) is 2.09. The number of nitrogen functional groups attached to an aromatic ring is 1. The summed E-state index contributed by atoms with van der Waals surface area (Å²) in [5, 5.41) is 9.42. The van der Waals surface area contributed by atoms with Gasteiger partial charge in [-0.15, -0.1) is 0 Å². The van der Waals surface area contributed by atoms with Gasteiger partial charge in [0.15, 0.2) is 5.75 Å². The van der Waals surface area contributed by atoms with Crippen molar-refractivity contribution in [2.24, 2.45) is 0 Å². The van der Waals surface area contributed by atoms with Gasteiger partial charge in [0.1, 0.15) is 17.2 Å². The van der Waals surface area contributed by atoms with E-state index < -0.39 is 0 Å². The number of hydrogen-bond acceptors (Lipinski definition) is 4. The molecule has 82 valence electrons. The van der Waals surface area contributed by atoms with Crippen LogP contribution in [0.5, 0.6) is 17.2 Å². The lowest BCUT2D eigenvalue weighted by molar-refractivity contribution is 0.458. The van der Waals surface area contributed by atoms with Gasteiger partial charge in [-0.2, -0.15) is 0 Å². The zero-order chi connectivity index (χ0) is 11.5. The lowest BCUT2D eigenvalue weighted by Crippen LogP contribution is -1.93. The molecule has 0 aliphatic heterocycles. The molecule has 1 aromatic carbocycles. The van der Waals surface area contributed by atoms with Crippen molar-refractivity contribution in [3.05, 3.63) is 41.1 Å². The zero-order valence-electron chi connectivity index (χ0n) is 8.22. The van der Waals surface area contributed by atoms with E-state index in [0.29, 0.717) is 11.5 Å². The van der Waals surface area contributed by atoms with Crippen LogP contribution in [0.15, 0.2) is 41.1 Å². The highest BCUT2D eigenvalue weighted by atomic mass is 79.9. The Balaban J connectivity index is 2.35. The van der Waals surface area contributed by atoms with E-state index >= 15 is 0 Å². The van der Waals surface area contributed by atoms with Crippen molar-refractivity contribution in [2.45, 2.75) is 0 Å². The fourth-order valence-corrected chi connectivity index (χ4v) is 1.52. The lowest BCUT2D eigenvalue weighted by atomic mass is 10.3. The van der Waals surface area contributed by atoms with E-state index in [0.717, 1.165) is 4.47 Å². The standard InChI is InChI=1S/C11H9BrN2O2/c12-7-6-14-5-4-9(7)16-10-3-1-2-8(15)11(10)13/h1-6,15H,13H2. The monoisotopic (exact) mass is 280 g/mol. The van der Waals surface area contributed by atoms with Crippen molar-refractivity contribution < 1.29 is 9.84 Å². The number of halogens is 1. The smallest absolute Gasteiger partial charge is 0.154 e. The SMILES string of the molecule is Nc1c(O)cccc1Oc1ccncc1Br. The molecule has 5 heteroatoms. The zero-order valence-corrected chi connectivity index (χ0v) is 9.81. The van der Waals surface area contributed by atoms with Crippen molar-refractivity contribution in [1.29, 1.82) is 0 Å². The van der Waals surface area contributed by atoms with Gasteiger partial charge in [-0.05, 0) is 28.1 Å². The van der Waals surface area contributed by atoms with Crippen LogP contribution in [0.1, 0.15) is 0 Å². The Morgan fingerprint density at radius 3 is 2.81 bits per heavy atom. The molecule has 0 aliphatic rings. The molecule has 0 amide bonds. The van der Waals surface area contributed by atoms with E-state index in [-0.39, 0.29) is 11.4 Å². The van der Waals surface area contributed by atoms with Crippen LogP contribution in [0.25, 0.3) is 0 Å². The summed E-state index contributed by atoms with van der Waals surface area (Å²) >= 11 is 3.31. The van der Waals surface area contributed by atoms with E-state index in [9.17, 15) is 5.11 Å². The normalized spacial score (nSPS) is 10.1. The number of phenolic OH excluding ortho intramolecular Hbond substituents is 1. The minimum absolute atomic E-state index is 0.00248. The predicted octanol–water partition coefficient (Wildman–Crippen LogP) is 2.92. The van der Waals surface area contributed by atoms with Gasteiger partial charge >= 0.3 is 0 Å². The fraction of sp³-hybridized carbons (Fsp3) is 0. The number of nitrogens with zero attached hydrogens (tertiary/aromatic N) is 1. The van der Waals surface area contributed by atoms with Gasteiger partial charge in [0.25, 0.3) is 0 Å². The summed E-state index contributed by atoms with van der Waals surface area (Å²) in [6.07, 6.45) is 3.23. The Bertz CT molecular complexity index is 517. The average molecular weight is 281 g/mol. The number of rotatable bonds is 2. The molecular weight excluding hydrogens is 272 g/mol. The van der Waals surface area contributed by atoms with E-state index in [4.69, 9.17) is 10.5 Å². The first-order chi connectivity index (χ1) is 7.68. The van der Waals surface area contributed by atoms with Crippen molar-refractivity contribution in [2.75, 3.05) is 5.73 Å². The third-order valence-corrected chi connectivity index (χ3v) is 2.59. The highest BCUT2D eigenvalue weighted by Gasteiger charge is 2.07. The molecule has 0 spiro atoms. The number of benzene rings is 1. The largest absolute Gasteiger partial charge is 0.506 e. The summed E-state index contributed by atoms with van der Waals surface area (Å²) in [5.41, 5.74) is 5.89. The van der Waals surface area contributed by atoms with Crippen LogP contribution in [0.4, 0.5) is 5.69 Å². The van der Waals surface area contributed by atoms with E-state index in [1.54, 1.807) is 30.6 Å². The average Bonchev–Trinajstić information content (AvgIpc) is 2.28. The Labute approximate surface area is 101 Å². The number of hydrogen-bond donors (Lipinski definition) is 2. The first kappa shape index (κ1) is 10.8. The number of para-hydroxylation sites is 1. The number of pyridine rings is 1. The predicted molar refractivity (Wildman–Crippen MR) is 64.5 cm³/mol. The number of ether oxygens (including phenoxy) is 1. The molecule has 1 aromatic heterocycles. The molecule has 4 nitrogen and oxygen atoms in total. The molecule has 0 saturated heterocycles. The Morgan fingerprint density at radius 2 is 2.06 bits per heavy atom. The Hall–Kier alpha value is -1.75. The van der Waals surface area contributed by atoms with Crippen LogP contribution >= 0.6 is 15.9 Å². The van der Waals surface area contributed by atoms with Gasteiger partial charge in [0.2, 0.25) is 0 Å². The molecule has 16 heavy (non-hydrogen) atoms. The molecule has 3 N–H and O–H groups in total. The van der Waals surface area contributed by atoms with E-state index in [1.807, 2.05) is 0 Å². The van der Waals surface area contributed by atoms with Crippen molar-refractivity contribution in [3.63, 3.8) is 0 Å². The summed E-state index contributed by atoms with van der Waals surface area (Å²) in [6, 6.07) is 6.55. The van der Waals surface area contributed by atoms with Crippen LogP contribution in [-0.4, -0.2) is 10.1 Å². The maximum Gasteiger partial charge on any atom is 0.154 e. The topological polar surface area (TPSA) is 68.4 Å². The van der Waals surface area contributed by atoms with Crippen molar-refractivity contribution in [1.82, 2.24) is 4.98 Å². The summed E-state index contributed by atoms with van der Waals surface area (Å²) < 4.78 is 6.27. The van der Waals surface area contributed by atoms with Crippen LogP contribution in [0.2, 0.25) is 0 Å². The minimum atomic E-state index is 0.00248. The van der Waals surface area contributed by atoms with Gasteiger partial charge < -0.3 is 15.6 Å². The number of phenols is 1. The summed E-state index contributed by atoms with van der Waals surface area (Å²) in [6.45, 7) is 0. The molecule has 0 saturated carbocycles. The first-order valence-corrected chi connectivity index (χ1v) is 5.32. The van der Waals surface area contributed by atoms with Crippen LogP contribution in [0.3, 0.4) is 0 Å². The van der Waals surface area contributed by atoms with E-state index in [2.05, 4.69) is 20.9 Å². The van der Waals surface area contributed by atoms with Crippen LogP contribution < -0.4 is 10.5 Å². The fourth-order valence-electron chi connectivity index (χ4n) is 1.19. The van der Waals surface area contributed by atoms with Crippen molar-refractivity contribution in [3.8, 4) is 17.2 Å². The molecule has 2 aromatic rings. The van der Waals surface area contributed by atoms with Crippen LogP contribution in [0, 0.1) is 0 Å². The van der Waals surface area contributed by atoms with Crippen LogP contribution in [-0.2, 0) is 0 Å². The van der Waals surface area contributed by atoms with Gasteiger partial charge in [-0.3, -0.25) is 4.98 Å². The summed E-state index contributed by atoms with van der Waals surface area (Å²) in [4.78, 5) is 3.92. The number of nitrogens with two attached hydrogens (primary N) is 1. The maximum absolute atomic E-state index is 9.42. The number of aromatic hydroxyl groups is 1. The maximum atomic E-state index is 9.42.